The molecule has 0 saturated heterocycles. The van der Waals surface area contributed by atoms with Gasteiger partial charge in [-0.05, 0) is 44.5 Å². The Labute approximate surface area is 196 Å². The summed E-state index contributed by atoms with van der Waals surface area (Å²) < 4.78 is 0. The molecule has 9 nitrogen and oxygen atoms in total. The van der Waals surface area contributed by atoms with Gasteiger partial charge in [0.05, 0.1) is 11.6 Å². The van der Waals surface area contributed by atoms with Crippen LogP contribution in [0.2, 0.25) is 0 Å². The maximum atomic E-state index is 13.1. The van der Waals surface area contributed by atoms with Gasteiger partial charge in [0.15, 0.2) is 11.4 Å². The van der Waals surface area contributed by atoms with Gasteiger partial charge in [-0.15, -0.1) is 24.8 Å². The first-order chi connectivity index (χ1) is 14.0. The van der Waals surface area contributed by atoms with Crippen molar-refractivity contribution in [2.75, 3.05) is 14.1 Å². The van der Waals surface area contributed by atoms with Crippen LogP contribution in [0.4, 0.5) is 0 Å². The van der Waals surface area contributed by atoms with E-state index in [2.05, 4.69) is 0 Å². The van der Waals surface area contributed by atoms with E-state index in [4.69, 9.17) is 5.73 Å². The summed E-state index contributed by atoms with van der Waals surface area (Å²) >= 11 is 0. The number of nitrogens with two attached hydrogens (primary N) is 1. The van der Waals surface area contributed by atoms with Crippen molar-refractivity contribution in [2.24, 2.45) is 17.6 Å². The molecule has 0 radical (unpaired) electrons. The molecule has 11 heteroatoms. The number of aliphatic hydroxyl groups is 3. The van der Waals surface area contributed by atoms with E-state index in [-0.39, 0.29) is 48.1 Å². The lowest BCUT2D eigenvalue weighted by Crippen LogP contribution is -2.63. The maximum absolute atomic E-state index is 13.1. The molecule has 1 aromatic carbocycles. The average Bonchev–Trinajstić information content (AvgIpc) is 2.64. The number of allylic oxidation sites excluding steroid dienone is 1. The Hall–Kier alpha value is -2.59. The van der Waals surface area contributed by atoms with Crippen LogP contribution in [-0.4, -0.2) is 68.5 Å². The van der Waals surface area contributed by atoms with Gasteiger partial charge in [0.25, 0.3) is 5.91 Å². The van der Waals surface area contributed by atoms with E-state index < -0.39 is 58.0 Å². The largest absolute Gasteiger partial charge is 0.510 e. The number of aliphatic hydroxyl groups excluding tert-OH is 2. The highest BCUT2D eigenvalue weighted by Gasteiger charge is 2.63. The molecule has 0 spiro atoms. The molecule has 32 heavy (non-hydrogen) atoms. The van der Waals surface area contributed by atoms with Crippen molar-refractivity contribution in [3.05, 3.63) is 52.0 Å². The van der Waals surface area contributed by atoms with Crippen molar-refractivity contribution in [2.45, 2.75) is 24.5 Å². The van der Waals surface area contributed by atoms with Gasteiger partial charge in [-0.1, -0.05) is 12.1 Å². The lowest BCUT2D eigenvalue weighted by atomic mass is 9.58. The van der Waals surface area contributed by atoms with E-state index in [1.165, 1.54) is 11.0 Å². The van der Waals surface area contributed by atoms with Gasteiger partial charge < -0.3 is 26.2 Å². The number of ketones is 2. The number of carbonyl (C=O) groups excluding carboxylic acids is 3. The topological polar surface area (TPSA) is 161 Å². The highest BCUT2D eigenvalue weighted by molar-refractivity contribution is 6.24. The zero-order chi connectivity index (χ0) is 22.1. The summed E-state index contributed by atoms with van der Waals surface area (Å²) in [5, 5.41) is 43.2. The third kappa shape index (κ3) is 3.19. The zero-order valence-corrected chi connectivity index (χ0v) is 18.9. The molecule has 0 bridgehead atoms. The highest BCUT2D eigenvalue weighted by Crippen LogP contribution is 2.52. The predicted molar refractivity (Wildman–Crippen MR) is 118 cm³/mol. The van der Waals surface area contributed by atoms with E-state index in [1.54, 1.807) is 26.2 Å². The minimum atomic E-state index is -2.60. The van der Waals surface area contributed by atoms with Crippen LogP contribution in [-0.2, 0) is 16.0 Å². The van der Waals surface area contributed by atoms with Crippen LogP contribution < -0.4 is 5.73 Å². The standard InChI is InChI=1S/C21H22N2O7.2ClH/c1-23(2)15-10-7-9-6-8-4-3-5-11(24)12(8)16(25)13(9)18(27)21(10,30)19(28)14(17(15)26)20(22)29;;/h3-5,9-10,15,24,26-27,30H,6-7H2,1-2H3,(H2,22,29);2*1H/t9-,10-,15-,21-;;/m0../s1. The number of phenolic OH excluding ortho intramolecular Hbond substituents is 1. The second-order valence-electron chi connectivity index (χ2n) is 8.27. The molecule has 3 aliphatic carbocycles. The highest BCUT2D eigenvalue weighted by atomic mass is 35.5. The molecule has 0 saturated carbocycles. The van der Waals surface area contributed by atoms with Gasteiger partial charge in [0, 0.05) is 11.5 Å². The first kappa shape index (κ1) is 25.7. The van der Waals surface area contributed by atoms with Crippen molar-refractivity contribution < 1.29 is 34.8 Å². The molecule has 0 fully saturated rings. The van der Waals surface area contributed by atoms with Gasteiger partial charge in [-0.3, -0.25) is 19.3 Å². The van der Waals surface area contributed by atoms with E-state index >= 15 is 0 Å². The van der Waals surface area contributed by atoms with Crippen molar-refractivity contribution in [3.63, 3.8) is 0 Å². The number of rotatable bonds is 2. The fourth-order valence-electron chi connectivity index (χ4n) is 5.19. The number of Topliss-reactive ketones (excluding diaryl/α,β-unsaturated/α-hetero) is 2. The minimum Gasteiger partial charge on any atom is -0.510 e. The number of halogens is 2. The van der Waals surface area contributed by atoms with Gasteiger partial charge in [-0.25, -0.2) is 0 Å². The molecule has 0 aromatic heterocycles. The second-order valence-corrected chi connectivity index (χ2v) is 8.27. The molecule has 0 unspecified atom stereocenters. The molecule has 1 amide bonds. The third-order valence-electron chi connectivity index (χ3n) is 6.46. The van der Waals surface area contributed by atoms with Crippen molar-refractivity contribution in [3.8, 4) is 5.75 Å². The normalized spacial score (nSPS) is 28.9. The van der Waals surface area contributed by atoms with Crippen LogP contribution >= 0.6 is 24.8 Å². The first-order valence-corrected chi connectivity index (χ1v) is 9.47. The van der Waals surface area contributed by atoms with Crippen LogP contribution in [0.5, 0.6) is 5.75 Å². The summed E-state index contributed by atoms with van der Waals surface area (Å²) in [7, 11) is 3.18. The Morgan fingerprint density at radius 1 is 1.16 bits per heavy atom. The number of likely N-dealkylation sites (N-methyl/N-ethyl adjacent to an activating group) is 1. The molecule has 0 heterocycles. The Morgan fingerprint density at radius 3 is 2.34 bits per heavy atom. The van der Waals surface area contributed by atoms with Crippen molar-refractivity contribution >= 4 is 42.3 Å². The predicted octanol–water partition coefficient (Wildman–Crippen LogP) is 0.964. The molecule has 4 rings (SSSR count). The Balaban J connectivity index is 0.00000181. The molecule has 3 aliphatic rings. The van der Waals surface area contributed by atoms with Crippen LogP contribution in [0.3, 0.4) is 0 Å². The van der Waals surface area contributed by atoms with Crippen molar-refractivity contribution in [1.82, 2.24) is 4.90 Å². The molecule has 1 aromatic rings. The quantitative estimate of drug-likeness (QED) is 0.386. The minimum absolute atomic E-state index is 0. The maximum Gasteiger partial charge on any atom is 0.255 e. The third-order valence-corrected chi connectivity index (χ3v) is 6.46. The van der Waals surface area contributed by atoms with Crippen LogP contribution in [0, 0.1) is 11.8 Å². The summed E-state index contributed by atoms with van der Waals surface area (Å²) in [5.74, 6) is -6.42. The molecule has 174 valence electrons. The number of hydrogen-bond donors (Lipinski definition) is 5. The summed E-state index contributed by atoms with van der Waals surface area (Å²) in [4.78, 5) is 39.6. The lowest BCUT2D eigenvalue weighted by Gasteiger charge is -2.50. The fourth-order valence-corrected chi connectivity index (χ4v) is 5.19. The molecule has 6 N–H and O–H groups in total. The number of phenols is 1. The van der Waals surface area contributed by atoms with Crippen molar-refractivity contribution in [1.29, 1.82) is 0 Å². The van der Waals surface area contributed by atoms with Gasteiger partial charge in [0.2, 0.25) is 5.78 Å². The lowest BCUT2D eigenvalue weighted by molar-refractivity contribution is -0.148. The van der Waals surface area contributed by atoms with Crippen LogP contribution in [0.25, 0.3) is 0 Å². The average molecular weight is 487 g/mol. The second kappa shape index (κ2) is 8.40. The number of amides is 1. The number of hydrogen-bond acceptors (Lipinski definition) is 8. The number of nitrogens with zero attached hydrogens (tertiary/aromatic N) is 1. The van der Waals surface area contributed by atoms with E-state index in [0.717, 1.165) is 0 Å². The summed E-state index contributed by atoms with van der Waals surface area (Å²) in [6.45, 7) is 0. The zero-order valence-electron chi connectivity index (χ0n) is 17.2. The van der Waals surface area contributed by atoms with E-state index in [9.17, 15) is 34.8 Å². The molecular weight excluding hydrogens is 463 g/mol. The number of primary amides is 1. The number of fused-ring (bicyclic) bond motifs is 3. The van der Waals surface area contributed by atoms with Crippen LogP contribution in [0.1, 0.15) is 22.3 Å². The van der Waals surface area contributed by atoms with E-state index in [1.807, 2.05) is 0 Å². The smallest absolute Gasteiger partial charge is 0.255 e. The Kier molecular flexibility index (Phi) is 6.74. The van der Waals surface area contributed by atoms with E-state index in [0.29, 0.717) is 12.0 Å². The SMILES string of the molecule is CN(C)[C@@H]1C(O)=C(C(N)=O)C(=O)[C@@]2(O)C(O)=C3C(=O)c4c(O)cccc4C[C@H]3C[C@@H]12.Cl.Cl. The van der Waals surface area contributed by atoms with Gasteiger partial charge in [-0.2, -0.15) is 0 Å². The first-order valence-electron chi connectivity index (χ1n) is 9.47. The Bertz CT molecular complexity index is 1080. The summed E-state index contributed by atoms with van der Waals surface area (Å²) in [5.41, 5.74) is 2.31. The summed E-state index contributed by atoms with van der Waals surface area (Å²) in [6.07, 6.45) is 0.379. The monoisotopic (exact) mass is 486 g/mol. The Morgan fingerprint density at radius 2 is 1.78 bits per heavy atom. The molecular formula is C21H24Cl2N2O7. The molecule has 4 atom stereocenters. The summed E-state index contributed by atoms with van der Waals surface area (Å²) in [6, 6.07) is 3.66. The molecule has 0 aliphatic heterocycles. The number of carbonyl (C=O) groups is 3. The number of aromatic hydroxyl groups is 1. The van der Waals surface area contributed by atoms with Gasteiger partial charge in [0.1, 0.15) is 22.8 Å². The van der Waals surface area contributed by atoms with Crippen LogP contribution in [0.15, 0.2) is 40.9 Å². The fraction of sp³-hybridized carbons (Fsp3) is 0.381. The number of benzene rings is 1. The van der Waals surface area contributed by atoms with Gasteiger partial charge >= 0.3 is 0 Å².